The number of methoxy groups -OCH3 is 1. The second kappa shape index (κ2) is 8.05. The third-order valence-electron chi connectivity index (χ3n) is 3.77. The first kappa shape index (κ1) is 18.0. The lowest BCUT2D eigenvalue weighted by atomic mass is 10.1. The number of rotatable bonds is 6. The van der Waals surface area contributed by atoms with E-state index in [-0.39, 0.29) is 5.91 Å². The summed E-state index contributed by atoms with van der Waals surface area (Å²) in [7, 11) is 1.60. The van der Waals surface area contributed by atoms with E-state index < -0.39 is 11.6 Å². The first-order chi connectivity index (χ1) is 12.5. The van der Waals surface area contributed by atoms with Crippen molar-refractivity contribution in [2.75, 3.05) is 12.4 Å². The minimum atomic E-state index is -0.930. The number of ether oxygens (including phenoxy) is 1. The Morgan fingerprint density at radius 3 is 2.62 bits per heavy atom. The Labute approximate surface area is 153 Å². The molecule has 3 rings (SSSR count). The van der Waals surface area contributed by atoms with Crippen LogP contribution < -0.4 is 10.1 Å². The molecule has 3 aromatic rings. The summed E-state index contributed by atoms with van der Waals surface area (Å²) in [5.41, 5.74) is 1.97. The molecule has 0 aliphatic rings. The minimum Gasteiger partial charge on any atom is -0.497 e. The van der Waals surface area contributed by atoms with Gasteiger partial charge in [-0.1, -0.05) is 12.1 Å². The van der Waals surface area contributed by atoms with Crippen LogP contribution in [0.5, 0.6) is 5.75 Å². The molecule has 0 saturated carbocycles. The Morgan fingerprint density at radius 2 is 1.92 bits per heavy atom. The van der Waals surface area contributed by atoms with Gasteiger partial charge in [0.2, 0.25) is 5.91 Å². The highest BCUT2D eigenvalue weighted by molar-refractivity contribution is 7.14. The molecule has 0 radical (unpaired) electrons. The summed E-state index contributed by atoms with van der Waals surface area (Å²) in [4.78, 5) is 16.3. The van der Waals surface area contributed by atoms with Crippen LogP contribution >= 0.6 is 11.3 Å². The quantitative estimate of drug-likeness (QED) is 0.682. The first-order valence-corrected chi connectivity index (χ1v) is 8.77. The molecule has 1 aromatic heterocycles. The first-order valence-electron chi connectivity index (χ1n) is 7.89. The third-order valence-corrected chi connectivity index (χ3v) is 4.52. The number of nitrogens with one attached hydrogen (secondary N) is 1. The summed E-state index contributed by atoms with van der Waals surface area (Å²) >= 11 is 1.23. The number of aryl methyl sites for hydroxylation is 1. The van der Waals surface area contributed by atoms with E-state index in [0.717, 1.165) is 23.4 Å². The van der Waals surface area contributed by atoms with E-state index in [1.165, 1.54) is 17.4 Å². The highest BCUT2D eigenvalue weighted by Gasteiger charge is 2.10. The van der Waals surface area contributed by atoms with Crippen LogP contribution in [0, 0.1) is 11.6 Å². The molecule has 4 nitrogen and oxygen atoms in total. The number of carbonyl (C=O) groups excluding carboxylic acids is 1. The molecular weight excluding hydrogens is 358 g/mol. The van der Waals surface area contributed by atoms with E-state index in [0.29, 0.717) is 29.2 Å². The highest BCUT2D eigenvalue weighted by atomic mass is 32.1. The second-order valence-corrected chi connectivity index (χ2v) is 6.42. The molecule has 0 bridgehead atoms. The van der Waals surface area contributed by atoms with Gasteiger partial charge in [0.15, 0.2) is 16.8 Å². The Bertz CT molecular complexity index is 910. The van der Waals surface area contributed by atoms with Crippen molar-refractivity contribution in [2.24, 2.45) is 0 Å². The minimum absolute atomic E-state index is 0.160. The molecule has 7 heteroatoms. The molecule has 26 heavy (non-hydrogen) atoms. The van der Waals surface area contributed by atoms with Crippen molar-refractivity contribution in [1.82, 2.24) is 4.98 Å². The summed E-state index contributed by atoms with van der Waals surface area (Å²) in [5.74, 6) is -1.23. The molecule has 0 aliphatic carbocycles. The van der Waals surface area contributed by atoms with Crippen LogP contribution in [0.15, 0.2) is 47.8 Å². The SMILES string of the molecule is COc1ccc(CCC(=O)Nc2nc(-c3ccc(F)c(F)c3)cs2)cc1. The van der Waals surface area contributed by atoms with Crippen LogP contribution in [-0.2, 0) is 11.2 Å². The Kier molecular flexibility index (Phi) is 5.58. The number of hydrogen-bond donors (Lipinski definition) is 1. The Morgan fingerprint density at radius 1 is 1.15 bits per heavy atom. The molecule has 0 fully saturated rings. The lowest BCUT2D eigenvalue weighted by molar-refractivity contribution is -0.116. The van der Waals surface area contributed by atoms with Gasteiger partial charge in [0.1, 0.15) is 5.75 Å². The fourth-order valence-corrected chi connectivity index (χ4v) is 3.09. The van der Waals surface area contributed by atoms with Crippen molar-refractivity contribution in [1.29, 1.82) is 0 Å². The number of amides is 1. The van der Waals surface area contributed by atoms with E-state index in [2.05, 4.69) is 10.3 Å². The summed E-state index contributed by atoms with van der Waals surface area (Å²) in [5, 5.41) is 4.83. The second-order valence-electron chi connectivity index (χ2n) is 5.56. The van der Waals surface area contributed by atoms with Gasteiger partial charge in [-0.3, -0.25) is 4.79 Å². The van der Waals surface area contributed by atoms with Crippen LogP contribution in [0.2, 0.25) is 0 Å². The highest BCUT2D eigenvalue weighted by Crippen LogP contribution is 2.26. The van der Waals surface area contributed by atoms with Gasteiger partial charge in [0.25, 0.3) is 0 Å². The molecule has 2 aromatic carbocycles. The molecule has 0 atom stereocenters. The van der Waals surface area contributed by atoms with Crippen molar-refractivity contribution < 1.29 is 18.3 Å². The molecule has 0 spiro atoms. The number of halogens is 2. The maximum atomic E-state index is 13.3. The van der Waals surface area contributed by atoms with Crippen molar-refractivity contribution in [2.45, 2.75) is 12.8 Å². The average molecular weight is 374 g/mol. The fraction of sp³-hybridized carbons (Fsp3) is 0.158. The van der Waals surface area contributed by atoms with Crippen molar-refractivity contribution in [3.05, 3.63) is 65.0 Å². The zero-order valence-electron chi connectivity index (χ0n) is 14.0. The number of nitrogens with zero attached hydrogens (tertiary/aromatic N) is 1. The van der Waals surface area contributed by atoms with E-state index in [4.69, 9.17) is 4.74 Å². The van der Waals surface area contributed by atoms with Gasteiger partial charge in [-0.05, 0) is 42.3 Å². The molecule has 1 N–H and O–H groups in total. The molecule has 0 unspecified atom stereocenters. The molecule has 134 valence electrons. The monoisotopic (exact) mass is 374 g/mol. The molecule has 0 saturated heterocycles. The predicted molar refractivity (Wildman–Crippen MR) is 97.4 cm³/mol. The van der Waals surface area contributed by atoms with Crippen LogP contribution in [0.3, 0.4) is 0 Å². The topological polar surface area (TPSA) is 51.2 Å². The fourth-order valence-electron chi connectivity index (χ4n) is 2.35. The van der Waals surface area contributed by atoms with Gasteiger partial charge in [0, 0.05) is 17.4 Å². The lowest BCUT2D eigenvalue weighted by Crippen LogP contribution is -2.12. The summed E-state index contributed by atoms with van der Waals surface area (Å²) < 4.78 is 31.4. The van der Waals surface area contributed by atoms with E-state index in [9.17, 15) is 13.6 Å². The third kappa shape index (κ3) is 4.43. The molecule has 1 amide bonds. The van der Waals surface area contributed by atoms with E-state index in [1.807, 2.05) is 24.3 Å². The summed E-state index contributed by atoms with van der Waals surface area (Å²) in [6.45, 7) is 0. The largest absolute Gasteiger partial charge is 0.497 e. The van der Waals surface area contributed by atoms with Gasteiger partial charge in [-0.15, -0.1) is 11.3 Å². The van der Waals surface area contributed by atoms with Gasteiger partial charge >= 0.3 is 0 Å². The number of carbonyl (C=O) groups is 1. The predicted octanol–water partition coefficient (Wildman–Crippen LogP) is 4.67. The molecular formula is C19H16F2N2O2S. The number of thiazole rings is 1. The maximum absolute atomic E-state index is 13.3. The Balaban J connectivity index is 1.57. The number of anilines is 1. The Hall–Kier alpha value is -2.80. The van der Waals surface area contributed by atoms with Crippen LogP contribution in [0.1, 0.15) is 12.0 Å². The van der Waals surface area contributed by atoms with Crippen molar-refractivity contribution >= 4 is 22.4 Å². The lowest BCUT2D eigenvalue weighted by Gasteiger charge is -2.04. The van der Waals surface area contributed by atoms with E-state index >= 15 is 0 Å². The number of benzene rings is 2. The normalized spacial score (nSPS) is 10.6. The number of aromatic nitrogens is 1. The van der Waals surface area contributed by atoms with Crippen LogP contribution in [0.25, 0.3) is 11.3 Å². The zero-order valence-corrected chi connectivity index (χ0v) is 14.8. The van der Waals surface area contributed by atoms with Gasteiger partial charge in [-0.2, -0.15) is 0 Å². The van der Waals surface area contributed by atoms with Crippen LogP contribution in [0.4, 0.5) is 13.9 Å². The van der Waals surface area contributed by atoms with Gasteiger partial charge in [-0.25, -0.2) is 13.8 Å². The van der Waals surface area contributed by atoms with Crippen molar-refractivity contribution in [3.8, 4) is 17.0 Å². The zero-order chi connectivity index (χ0) is 18.5. The van der Waals surface area contributed by atoms with Crippen LogP contribution in [-0.4, -0.2) is 18.0 Å². The molecule has 1 heterocycles. The van der Waals surface area contributed by atoms with Gasteiger partial charge in [0.05, 0.1) is 12.8 Å². The average Bonchev–Trinajstić information content (AvgIpc) is 3.11. The van der Waals surface area contributed by atoms with Gasteiger partial charge < -0.3 is 10.1 Å². The maximum Gasteiger partial charge on any atom is 0.226 e. The standard InChI is InChI=1S/C19H16F2N2O2S/c1-25-14-6-2-12(3-7-14)4-9-18(24)23-19-22-17(11-26-19)13-5-8-15(20)16(21)10-13/h2-3,5-8,10-11H,4,9H2,1H3,(H,22,23,24). The number of hydrogen-bond acceptors (Lipinski definition) is 4. The molecule has 0 aliphatic heterocycles. The smallest absolute Gasteiger partial charge is 0.226 e. The summed E-state index contributed by atoms with van der Waals surface area (Å²) in [6, 6.07) is 11.1. The van der Waals surface area contributed by atoms with E-state index in [1.54, 1.807) is 12.5 Å². The van der Waals surface area contributed by atoms with Crippen molar-refractivity contribution in [3.63, 3.8) is 0 Å². The summed E-state index contributed by atoms with van der Waals surface area (Å²) in [6.07, 6.45) is 0.906.